The second-order valence-electron chi connectivity index (χ2n) is 6.41. The second kappa shape index (κ2) is 10.3. The van der Waals surface area contributed by atoms with Crippen LogP contribution in [0.15, 0.2) is 34.4 Å². The van der Waals surface area contributed by atoms with Gasteiger partial charge in [-0.3, -0.25) is 0 Å². The van der Waals surface area contributed by atoms with Crippen molar-refractivity contribution in [3.63, 3.8) is 0 Å². The molecule has 0 amide bonds. The number of aliphatic carboxylic acids is 1. The fourth-order valence-corrected chi connectivity index (χ4v) is 4.43. The number of carboxylic acids is 1. The van der Waals surface area contributed by atoms with Gasteiger partial charge in [-0.2, -0.15) is 0 Å². The quantitative estimate of drug-likeness (QED) is 0.322. The molecule has 26 heavy (non-hydrogen) atoms. The van der Waals surface area contributed by atoms with Crippen LogP contribution in [0.25, 0.3) is 0 Å². The molecule has 2 rings (SSSR count). The van der Waals surface area contributed by atoms with Crippen LogP contribution in [0.1, 0.15) is 51.9 Å². The molecule has 0 saturated carbocycles. The molecule has 0 heterocycles. The summed E-state index contributed by atoms with van der Waals surface area (Å²) in [7, 11) is 0. The highest BCUT2D eigenvalue weighted by atomic mass is 35.5. The monoisotopic (exact) mass is 480 g/mol. The molecule has 2 aliphatic rings. The number of hydrogen-bond donors (Lipinski definition) is 1. The van der Waals surface area contributed by atoms with E-state index in [-0.39, 0.29) is 5.57 Å². The third-order valence-corrected chi connectivity index (χ3v) is 8.22. The van der Waals surface area contributed by atoms with Crippen molar-refractivity contribution in [1.29, 1.82) is 0 Å². The molecule has 0 spiro atoms. The van der Waals surface area contributed by atoms with Crippen LogP contribution < -0.4 is 0 Å². The van der Waals surface area contributed by atoms with E-state index in [4.69, 9.17) is 74.7 Å². The van der Waals surface area contributed by atoms with Gasteiger partial charge in [-0.05, 0) is 56.6 Å². The smallest absolute Gasteiger partial charge is 0.330 e. The van der Waals surface area contributed by atoms with Gasteiger partial charge in [0.1, 0.15) is 0 Å². The summed E-state index contributed by atoms with van der Waals surface area (Å²) in [5.74, 6) is -0.935. The lowest BCUT2D eigenvalue weighted by Gasteiger charge is -2.34. The molecule has 8 heteroatoms. The van der Waals surface area contributed by atoms with Gasteiger partial charge in [0.15, 0.2) is 8.67 Å². The summed E-state index contributed by atoms with van der Waals surface area (Å²) in [6.07, 6.45) is 9.14. The van der Waals surface area contributed by atoms with Crippen molar-refractivity contribution in [3.8, 4) is 0 Å². The van der Waals surface area contributed by atoms with Gasteiger partial charge in [-0.1, -0.05) is 77.1 Å². The molecular formula is C18H22Cl6O2. The number of rotatable bonds is 2. The first-order valence-electron chi connectivity index (χ1n) is 8.30. The Balaban J connectivity index is 0.000000487. The predicted octanol–water partition coefficient (Wildman–Crippen LogP) is 7.77. The molecule has 0 fully saturated rings. The largest absolute Gasteiger partial charge is 0.478 e. The number of halogens is 6. The molecule has 0 aromatic heterocycles. The number of hydrogen-bond acceptors (Lipinski definition) is 1. The lowest BCUT2D eigenvalue weighted by atomic mass is 9.97. The van der Waals surface area contributed by atoms with Crippen LogP contribution in [-0.2, 0) is 4.79 Å². The number of alkyl halides is 5. The van der Waals surface area contributed by atoms with E-state index in [2.05, 4.69) is 12.7 Å². The summed E-state index contributed by atoms with van der Waals surface area (Å²) in [5, 5.41) is 7.66. The Morgan fingerprint density at radius 1 is 1.19 bits per heavy atom. The van der Waals surface area contributed by atoms with Crippen LogP contribution in [0, 0.1) is 0 Å². The predicted molar refractivity (Wildman–Crippen MR) is 114 cm³/mol. The standard InChI is InChI=1S/C14H16Cl6.C4H6O2/c15-11-8-7-10(9-5-3-1-2-4-6-9)12(16)14(19,20)13(11,17)18;1-3(2)4(5)6/h5,11H,1-4,6-8H2;1H2,2H3,(H,5,6). The molecule has 1 unspecified atom stereocenters. The summed E-state index contributed by atoms with van der Waals surface area (Å²) in [4.78, 5) is 9.60. The van der Waals surface area contributed by atoms with Crippen molar-refractivity contribution < 1.29 is 9.90 Å². The Kier molecular flexibility index (Phi) is 9.67. The van der Waals surface area contributed by atoms with Crippen LogP contribution in [0.5, 0.6) is 0 Å². The highest BCUT2D eigenvalue weighted by Crippen LogP contribution is 2.57. The van der Waals surface area contributed by atoms with E-state index in [1.165, 1.54) is 25.3 Å². The number of allylic oxidation sites excluding steroid dienone is 4. The van der Waals surface area contributed by atoms with Gasteiger partial charge in [0.05, 0.1) is 10.4 Å². The molecule has 0 aromatic carbocycles. The zero-order valence-corrected chi connectivity index (χ0v) is 19.0. The Bertz CT molecular complexity index is 595. The Labute approximate surface area is 185 Å². The molecule has 2 nitrogen and oxygen atoms in total. The van der Waals surface area contributed by atoms with E-state index in [1.807, 2.05) is 0 Å². The van der Waals surface area contributed by atoms with Gasteiger partial charge in [0.2, 0.25) is 0 Å². The Morgan fingerprint density at radius 3 is 2.31 bits per heavy atom. The van der Waals surface area contributed by atoms with E-state index in [0.717, 1.165) is 24.8 Å². The van der Waals surface area contributed by atoms with Crippen LogP contribution in [0.2, 0.25) is 0 Å². The molecule has 0 aromatic rings. The minimum atomic E-state index is -1.59. The molecule has 1 atom stereocenters. The maximum Gasteiger partial charge on any atom is 0.330 e. The highest BCUT2D eigenvalue weighted by Gasteiger charge is 2.56. The first-order valence-corrected chi connectivity index (χ1v) is 10.6. The first kappa shape index (κ1) is 24.5. The minimum absolute atomic E-state index is 0.176. The lowest BCUT2D eigenvalue weighted by molar-refractivity contribution is -0.132. The molecule has 0 radical (unpaired) electrons. The van der Waals surface area contributed by atoms with Crippen molar-refractivity contribution in [3.05, 3.63) is 34.4 Å². The minimum Gasteiger partial charge on any atom is -0.478 e. The average Bonchev–Trinajstić information content (AvgIpc) is 2.85. The van der Waals surface area contributed by atoms with Crippen LogP contribution >= 0.6 is 69.6 Å². The third kappa shape index (κ3) is 5.96. The van der Waals surface area contributed by atoms with E-state index < -0.39 is 20.0 Å². The fourth-order valence-electron chi connectivity index (χ4n) is 2.69. The molecule has 0 bridgehead atoms. The number of carbonyl (C=O) groups is 1. The van der Waals surface area contributed by atoms with Crippen LogP contribution in [0.3, 0.4) is 0 Å². The normalized spacial score (nSPS) is 25.2. The molecule has 0 saturated heterocycles. The topological polar surface area (TPSA) is 37.3 Å². The zero-order valence-electron chi connectivity index (χ0n) is 14.4. The molecule has 0 aliphatic heterocycles. The van der Waals surface area contributed by atoms with E-state index >= 15 is 0 Å². The van der Waals surface area contributed by atoms with Crippen molar-refractivity contribution in [2.45, 2.75) is 65.9 Å². The van der Waals surface area contributed by atoms with E-state index in [0.29, 0.717) is 17.9 Å². The lowest BCUT2D eigenvalue weighted by Crippen LogP contribution is -2.43. The summed E-state index contributed by atoms with van der Waals surface area (Å²) < 4.78 is -3.11. The third-order valence-electron chi connectivity index (χ3n) is 4.29. The fraction of sp³-hybridized carbons (Fsp3) is 0.611. The first-order chi connectivity index (χ1) is 11.9. The molecule has 2 aliphatic carbocycles. The Morgan fingerprint density at radius 2 is 1.77 bits per heavy atom. The Hall–Kier alpha value is 0.430. The van der Waals surface area contributed by atoms with Gasteiger partial charge in [0.25, 0.3) is 0 Å². The zero-order chi connectivity index (χ0) is 20.1. The van der Waals surface area contributed by atoms with Gasteiger partial charge in [0, 0.05) is 5.57 Å². The summed E-state index contributed by atoms with van der Waals surface area (Å²) >= 11 is 38.0. The van der Waals surface area contributed by atoms with E-state index in [1.54, 1.807) is 0 Å². The van der Waals surface area contributed by atoms with Gasteiger partial charge in [-0.25, -0.2) is 4.79 Å². The average molecular weight is 483 g/mol. The number of carboxylic acid groups (broad SMARTS) is 1. The van der Waals surface area contributed by atoms with Crippen molar-refractivity contribution in [2.24, 2.45) is 0 Å². The molecule has 1 N–H and O–H groups in total. The molecular weight excluding hydrogens is 461 g/mol. The second-order valence-corrected chi connectivity index (χ2v) is 10.0. The van der Waals surface area contributed by atoms with Crippen molar-refractivity contribution >= 4 is 75.6 Å². The summed E-state index contributed by atoms with van der Waals surface area (Å²) in [6, 6.07) is 0. The maximum atomic E-state index is 9.60. The van der Waals surface area contributed by atoms with Crippen molar-refractivity contribution in [2.75, 3.05) is 0 Å². The maximum absolute atomic E-state index is 9.60. The SMILES string of the molecule is C=C(C)C(=O)O.ClC1=C(C2=CCCCCC2)CCC(Cl)C(Cl)(Cl)C1(Cl)Cl. The summed E-state index contributed by atoms with van der Waals surface area (Å²) in [6.45, 7) is 4.60. The van der Waals surface area contributed by atoms with Crippen molar-refractivity contribution in [1.82, 2.24) is 0 Å². The van der Waals surface area contributed by atoms with Gasteiger partial charge < -0.3 is 5.11 Å². The van der Waals surface area contributed by atoms with Gasteiger partial charge >= 0.3 is 5.97 Å². The molecule has 148 valence electrons. The summed E-state index contributed by atoms with van der Waals surface area (Å²) in [5.41, 5.74) is 2.36. The van der Waals surface area contributed by atoms with Crippen LogP contribution in [-0.4, -0.2) is 25.1 Å². The highest BCUT2D eigenvalue weighted by molar-refractivity contribution is 6.68. The van der Waals surface area contributed by atoms with Crippen LogP contribution in [0.4, 0.5) is 0 Å². The van der Waals surface area contributed by atoms with Gasteiger partial charge in [-0.15, -0.1) is 11.6 Å². The van der Waals surface area contributed by atoms with E-state index in [9.17, 15) is 4.79 Å².